The minimum Gasteiger partial charge on any atom is -0.423 e. The van der Waals surface area contributed by atoms with Crippen LogP contribution in [0.15, 0.2) is 38.9 Å². The zero-order valence-corrected chi connectivity index (χ0v) is 19.1. The van der Waals surface area contributed by atoms with E-state index < -0.39 is 0 Å². The fourth-order valence-electron chi connectivity index (χ4n) is 4.02. The van der Waals surface area contributed by atoms with Crippen molar-refractivity contribution in [1.29, 1.82) is 0 Å². The molecule has 4 heterocycles. The Balaban J connectivity index is 1.35. The van der Waals surface area contributed by atoms with Crippen molar-refractivity contribution in [2.24, 2.45) is 0 Å². The van der Waals surface area contributed by atoms with E-state index in [4.69, 9.17) is 13.9 Å². The van der Waals surface area contributed by atoms with Crippen LogP contribution in [-0.2, 0) is 9.47 Å². The van der Waals surface area contributed by atoms with Crippen molar-refractivity contribution >= 4 is 33.5 Å². The standard InChI is InChI=1S/C23H26N4O5S/c28-21(24-4-5-26-6-10-30-11-7-26)17-3-1-2-16(14-17)18-15-33-20-19(18)32-23(25-22(20)29)27-8-12-31-13-9-27/h1-3,14-15H,4-13H2,(H,24,28). The van der Waals surface area contributed by atoms with E-state index in [1.807, 2.05) is 28.5 Å². The van der Waals surface area contributed by atoms with Gasteiger partial charge in [0.1, 0.15) is 4.70 Å². The summed E-state index contributed by atoms with van der Waals surface area (Å²) in [5.41, 5.74) is 2.38. The summed E-state index contributed by atoms with van der Waals surface area (Å²) >= 11 is 1.31. The van der Waals surface area contributed by atoms with Crippen molar-refractivity contribution < 1.29 is 18.7 Å². The SMILES string of the molecule is O=C(NCCN1CCOCC1)c1cccc(-c2csc3c(=O)nc(N4CCOCC4)oc23)c1. The fourth-order valence-corrected chi connectivity index (χ4v) is 4.90. The Morgan fingerprint density at radius 3 is 2.64 bits per heavy atom. The van der Waals surface area contributed by atoms with E-state index in [9.17, 15) is 9.59 Å². The molecule has 3 aromatic rings. The van der Waals surface area contributed by atoms with Crippen LogP contribution >= 0.6 is 11.3 Å². The average molecular weight is 471 g/mol. The number of aromatic nitrogens is 1. The highest BCUT2D eigenvalue weighted by molar-refractivity contribution is 7.17. The molecule has 0 unspecified atom stereocenters. The molecule has 2 aromatic heterocycles. The highest BCUT2D eigenvalue weighted by Crippen LogP contribution is 2.34. The average Bonchev–Trinajstić information content (AvgIpc) is 3.30. The molecule has 2 fully saturated rings. The van der Waals surface area contributed by atoms with Gasteiger partial charge in [0, 0.05) is 55.8 Å². The molecule has 0 aliphatic carbocycles. The molecule has 0 saturated carbocycles. The number of nitrogens with one attached hydrogen (secondary N) is 1. The monoisotopic (exact) mass is 470 g/mol. The number of hydrogen-bond donors (Lipinski definition) is 1. The first-order valence-electron chi connectivity index (χ1n) is 11.1. The van der Waals surface area contributed by atoms with Gasteiger partial charge in [-0.05, 0) is 17.7 Å². The predicted molar refractivity (Wildman–Crippen MR) is 126 cm³/mol. The van der Waals surface area contributed by atoms with Gasteiger partial charge in [0.15, 0.2) is 5.58 Å². The van der Waals surface area contributed by atoms with Crippen molar-refractivity contribution in [2.75, 3.05) is 70.6 Å². The van der Waals surface area contributed by atoms with Crippen LogP contribution in [0.1, 0.15) is 10.4 Å². The van der Waals surface area contributed by atoms with Crippen LogP contribution in [-0.4, -0.2) is 81.5 Å². The quantitative estimate of drug-likeness (QED) is 0.583. The second-order valence-corrected chi connectivity index (χ2v) is 8.88. The first-order valence-corrected chi connectivity index (χ1v) is 12.0. The topological polar surface area (TPSA) is 97.1 Å². The van der Waals surface area contributed by atoms with Crippen LogP contribution in [0, 0.1) is 0 Å². The molecule has 1 N–H and O–H groups in total. The van der Waals surface area contributed by atoms with E-state index in [1.165, 1.54) is 11.3 Å². The van der Waals surface area contributed by atoms with Gasteiger partial charge in [-0.15, -0.1) is 11.3 Å². The number of carbonyl (C=O) groups is 1. The maximum Gasteiger partial charge on any atom is 0.301 e. The second-order valence-electron chi connectivity index (χ2n) is 8.00. The van der Waals surface area contributed by atoms with E-state index in [0.717, 1.165) is 44.0 Å². The number of carbonyl (C=O) groups excluding carboxylic acids is 1. The van der Waals surface area contributed by atoms with Gasteiger partial charge in [-0.2, -0.15) is 4.98 Å². The first kappa shape index (κ1) is 22.0. The van der Waals surface area contributed by atoms with Crippen molar-refractivity contribution in [2.45, 2.75) is 0 Å². The van der Waals surface area contributed by atoms with Gasteiger partial charge in [-0.3, -0.25) is 14.5 Å². The molecule has 0 bridgehead atoms. The molecular formula is C23H26N4O5S. The number of ether oxygens (including phenoxy) is 2. The summed E-state index contributed by atoms with van der Waals surface area (Å²) in [7, 11) is 0. The third-order valence-electron chi connectivity index (χ3n) is 5.86. The summed E-state index contributed by atoms with van der Waals surface area (Å²) in [4.78, 5) is 33.7. The third-order valence-corrected chi connectivity index (χ3v) is 6.81. The highest BCUT2D eigenvalue weighted by Gasteiger charge is 2.20. The number of rotatable bonds is 6. The lowest BCUT2D eigenvalue weighted by molar-refractivity contribution is 0.0383. The summed E-state index contributed by atoms with van der Waals surface area (Å²) in [5, 5.41) is 4.88. The van der Waals surface area contributed by atoms with Gasteiger partial charge in [0.2, 0.25) is 0 Å². The molecule has 2 aliphatic heterocycles. The van der Waals surface area contributed by atoms with Crippen LogP contribution in [0.5, 0.6) is 0 Å². The summed E-state index contributed by atoms with van der Waals surface area (Å²) in [6.45, 7) is 7.03. The third kappa shape index (κ3) is 4.93. The Kier molecular flexibility index (Phi) is 6.68. The summed E-state index contributed by atoms with van der Waals surface area (Å²) in [6, 6.07) is 7.70. The molecule has 9 nitrogen and oxygen atoms in total. The van der Waals surface area contributed by atoms with E-state index in [0.29, 0.717) is 54.7 Å². The molecular weight excluding hydrogens is 444 g/mol. The van der Waals surface area contributed by atoms with Gasteiger partial charge in [-0.1, -0.05) is 12.1 Å². The maximum atomic E-state index is 12.7. The molecule has 33 heavy (non-hydrogen) atoms. The van der Waals surface area contributed by atoms with Crippen molar-refractivity contribution in [3.05, 3.63) is 45.6 Å². The van der Waals surface area contributed by atoms with Gasteiger partial charge < -0.3 is 24.1 Å². The molecule has 0 atom stereocenters. The Morgan fingerprint density at radius 1 is 1.09 bits per heavy atom. The normalized spacial score (nSPS) is 17.4. The molecule has 2 aliphatic rings. The highest BCUT2D eigenvalue weighted by atomic mass is 32.1. The molecule has 174 valence electrons. The largest absolute Gasteiger partial charge is 0.423 e. The zero-order valence-electron chi connectivity index (χ0n) is 18.2. The van der Waals surface area contributed by atoms with E-state index in [1.54, 1.807) is 6.07 Å². The molecule has 2 saturated heterocycles. The Morgan fingerprint density at radius 2 is 1.85 bits per heavy atom. The van der Waals surface area contributed by atoms with Gasteiger partial charge >= 0.3 is 6.01 Å². The predicted octanol–water partition coefficient (Wildman–Crippen LogP) is 1.82. The van der Waals surface area contributed by atoms with Crippen LogP contribution in [0.3, 0.4) is 0 Å². The molecule has 5 rings (SSSR count). The number of benzene rings is 1. The maximum absolute atomic E-state index is 12.7. The number of hydrogen-bond acceptors (Lipinski definition) is 9. The Bertz CT molecular complexity index is 1180. The van der Waals surface area contributed by atoms with E-state index in [-0.39, 0.29) is 11.5 Å². The molecule has 1 amide bonds. The van der Waals surface area contributed by atoms with Gasteiger partial charge in [-0.25, -0.2) is 0 Å². The summed E-state index contributed by atoms with van der Waals surface area (Å²) < 4.78 is 17.3. The van der Waals surface area contributed by atoms with Gasteiger partial charge in [0.05, 0.1) is 26.4 Å². The Hall–Kier alpha value is -2.79. The summed E-state index contributed by atoms with van der Waals surface area (Å²) in [5.74, 6) is -0.123. The molecule has 0 radical (unpaired) electrons. The number of thiophene rings is 1. The fraction of sp³-hybridized carbons (Fsp3) is 0.435. The lowest BCUT2D eigenvalue weighted by Crippen LogP contribution is -2.41. The number of morpholine rings is 2. The van der Waals surface area contributed by atoms with Crippen molar-refractivity contribution in [1.82, 2.24) is 15.2 Å². The number of fused-ring (bicyclic) bond motifs is 1. The zero-order chi connectivity index (χ0) is 22.6. The number of nitrogens with zero attached hydrogens (tertiary/aromatic N) is 3. The first-order chi connectivity index (χ1) is 16.2. The van der Waals surface area contributed by atoms with Gasteiger partial charge in [0.25, 0.3) is 11.5 Å². The van der Waals surface area contributed by atoms with Crippen LogP contribution in [0.25, 0.3) is 21.4 Å². The minimum absolute atomic E-state index is 0.123. The molecule has 0 spiro atoms. The molecule has 10 heteroatoms. The smallest absolute Gasteiger partial charge is 0.301 e. The summed E-state index contributed by atoms with van der Waals surface area (Å²) in [6.07, 6.45) is 0. The molecule has 1 aromatic carbocycles. The van der Waals surface area contributed by atoms with E-state index in [2.05, 4.69) is 15.2 Å². The minimum atomic E-state index is -0.300. The Labute approximate surface area is 194 Å². The lowest BCUT2D eigenvalue weighted by Gasteiger charge is -2.26. The lowest BCUT2D eigenvalue weighted by atomic mass is 10.0. The van der Waals surface area contributed by atoms with Crippen molar-refractivity contribution in [3.8, 4) is 11.1 Å². The van der Waals surface area contributed by atoms with Crippen LogP contribution in [0.2, 0.25) is 0 Å². The van der Waals surface area contributed by atoms with Crippen LogP contribution in [0.4, 0.5) is 6.01 Å². The number of amides is 1. The second kappa shape index (κ2) is 10.0. The van der Waals surface area contributed by atoms with Crippen molar-refractivity contribution in [3.63, 3.8) is 0 Å². The van der Waals surface area contributed by atoms with Crippen LogP contribution < -0.4 is 15.8 Å². The number of anilines is 1. The van der Waals surface area contributed by atoms with E-state index >= 15 is 0 Å².